The second kappa shape index (κ2) is 24.5. The third-order valence-corrected chi connectivity index (χ3v) is 14.3. The van der Waals surface area contributed by atoms with Gasteiger partial charge in [-0.15, -0.1) is 0 Å². The minimum Gasteiger partial charge on any atom is -0.0991 e. The van der Waals surface area contributed by atoms with Crippen LogP contribution in [0.5, 0.6) is 0 Å². The molecule has 0 aliphatic rings. The zero-order chi connectivity index (χ0) is 22.3. The average molecular weight is 459 g/mol. The van der Waals surface area contributed by atoms with Crippen LogP contribution in [0.2, 0.25) is 0 Å². The molecule has 0 aliphatic carbocycles. The highest BCUT2D eigenvalue weighted by atomic mass is 31.2. The molecule has 0 radical (unpaired) electrons. The van der Waals surface area contributed by atoms with E-state index in [1.807, 2.05) is 0 Å². The molecule has 0 aromatic carbocycles. The van der Waals surface area contributed by atoms with Crippen LogP contribution in [0, 0.1) is 0 Å². The van der Waals surface area contributed by atoms with Crippen LogP contribution in [-0.4, -0.2) is 30.0 Å². The number of hydrogen-bond donors (Lipinski definition) is 0. The monoisotopic (exact) mass is 458 g/mol. The number of hydrogen-bond acceptors (Lipinski definition) is 0. The Morgan fingerprint density at radius 3 is 0.900 bits per heavy atom. The second-order valence-corrected chi connectivity index (χ2v) is 15.4. The van der Waals surface area contributed by atoms with Crippen molar-refractivity contribution in [3.63, 3.8) is 0 Å². The third-order valence-electron chi connectivity index (χ3n) is 6.59. The van der Waals surface area contributed by atoms with Gasteiger partial charge < -0.3 is 0 Å². The third kappa shape index (κ3) is 17.4. The van der Waals surface area contributed by atoms with E-state index in [1.165, 1.54) is 109 Å². The van der Waals surface area contributed by atoms with Crippen molar-refractivity contribution in [3.8, 4) is 0 Å². The minimum absolute atomic E-state index is 0.277. The van der Waals surface area contributed by atoms with Gasteiger partial charge in [-0.1, -0.05) is 134 Å². The van der Waals surface area contributed by atoms with Gasteiger partial charge in [-0.05, 0) is 62.2 Å². The SMILES string of the molecule is CCCCCCP(CCCCCC)C(CCC)P(CCCCCC)CCCCCC. The first-order chi connectivity index (χ1) is 14.7. The van der Waals surface area contributed by atoms with E-state index in [0.717, 1.165) is 5.40 Å². The second-order valence-electron chi connectivity index (χ2n) is 9.58. The molecule has 182 valence electrons. The maximum Gasteiger partial charge on any atom is -0.000593 e. The zero-order valence-electron chi connectivity index (χ0n) is 22.0. The fourth-order valence-corrected chi connectivity index (χ4v) is 13.3. The van der Waals surface area contributed by atoms with Crippen LogP contribution in [0.25, 0.3) is 0 Å². The van der Waals surface area contributed by atoms with Crippen LogP contribution in [0.3, 0.4) is 0 Å². The molecule has 0 fully saturated rings. The first-order valence-electron chi connectivity index (χ1n) is 14.2. The quantitative estimate of drug-likeness (QED) is 0.0996. The van der Waals surface area contributed by atoms with Crippen molar-refractivity contribution >= 4 is 15.8 Å². The van der Waals surface area contributed by atoms with Gasteiger partial charge >= 0.3 is 0 Å². The van der Waals surface area contributed by atoms with Gasteiger partial charge in [-0.2, -0.15) is 0 Å². The van der Waals surface area contributed by atoms with Gasteiger partial charge in [0.25, 0.3) is 0 Å². The van der Waals surface area contributed by atoms with E-state index in [2.05, 4.69) is 34.6 Å². The standard InChI is InChI=1S/C28H60P2/c1-6-11-15-19-24-29(25-20-16-12-7-2)28(23-10-5)30(26-21-17-13-8-3)27-22-18-14-9-4/h28H,6-27H2,1-5H3. The molecule has 0 saturated carbocycles. The predicted octanol–water partition coefficient (Wildman–Crippen LogP) is 11.4. The molecule has 0 bridgehead atoms. The molecule has 0 amide bonds. The summed E-state index contributed by atoms with van der Waals surface area (Å²) in [6.07, 6.45) is 32.9. The van der Waals surface area contributed by atoms with Crippen LogP contribution in [0.15, 0.2) is 0 Å². The van der Waals surface area contributed by atoms with Crippen LogP contribution >= 0.6 is 15.8 Å². The van der Waals surface area contributed by atoms with Crippen molar-refractivity contribution in [2.24, 2.45) is 0 Å². The summed E-state index contributed by atoms with van der Waals surface area (Å²) in [5, 5.41) is 1.14. The molecular weight excluding hydrogens is 398 g/mol. The Labute approximate surface area is 196 Å². The summed E-state index contributed by atoms with van der Waals surface area (Å²) in [6.45, 7) is 11.9. The lowest BCUT2D eigenvalue weighted by Gasteiger charge is -2.36. The number of unbranched alkanes of at least 4 members (excludes halogenated alkanes) is 12. The summed E-state index contributed by atoms with van der Waals surface area (Å²) in [7, 11) is 0.555. The van der Waals surface area contributed by atoms with Crippen molar-refractivity contribution < 1.29 is 0 Å². The van der Waals surface area contributed by atoms with E-state index >= 15 is 0 Å². The molecule has 0 nitrogen and oxygen atoms in total. The molecule has 0 unspecified atom stereocenters. The molecule has 0 N–H and O–H groups in total. The van der Waals surface area contributed by atoms with Crippen molar-refractivity contribution in [2.45, 2.75) is 156 Å². The molecule has 0 aliphatic heterocycles. The summed E-state index contributed by atoms with van der Waals surface area (Å²) in [5.41, 5.74) is 0. The molecule has 0 rings (SSSR count). The summed E-state index contributed by atoms with van der Waals surface area (Å²) in [6, 6.07) is 0. The van der Waals surface area contributed by atoms with Crippen LogP contribution in [-0.2, 0) is 0 Å². The van der Waals surface area contributed by atoms with Gasteiger partial charge in [0.15, 0.2) is 0 Å². The normalized spacial score (nSPS) is 12.0. The molecular formula is C28H60P2. The summed E-state index contributed by atoms with van der Waals surface area (Å²) in [5.74, 6) is 0. The van der Waals surface area contributed by atoms with Gasteiger partial charge in [-0.3, -0.25) is 0 Å². The van der Waals surface area contributed by atoms with Crippen LogP contribution < -0.4 is 0 Å². The fraction of sp³-hybridized carbons (Fsp3) is 1.00. The van der Waals surface area contributed by atoms with Crippen LogP contribution in [0.4, 0.5) is 0 Å². The lowest BCUT2D eigenvalue weighted by molar-refractivity contribution is 0.689. The van der Waals surface area contributed by atoms with E-state index in [9.17, 15) is 0 Å². The first-order valence-corrected chi connectivity index (χ1v) is 17.8. The lowest BCUT2D eigenvalue weighted by Crippen LogP contribution is -2.13. The predicted molar refractivity (Wildman–Crippen MR) is 149 cm³/mol. The molecule has 0 aromatic heterocycles. The molecule has 0 aromatic rings. The van der Waals surface area contributed by atoms with E-state index in [1.54, 1.807) is 31.1 Å². The molecule has 30 heavy (non-hydrogen) atoms. The van der Waals surface area contributed by atoms with Crippen molar-refractivity contribution in [3.05, 3.63) is 0 Å². The highest BCUT2D eigenvalue weighted by molar-refractivity contribution is 7.75. The molecule has 2 heteroatoms. The van der Waals surface area contributed by atoms with E-state index < -0.39 is 0 Å². The van der Waals surface area contributed by atoms with Crippen LogP contribution in [0.1, 0.15) is 150 Å². The van der Waals surface area contributed by atoms with Crippen molar-refractivity contribution in [1.82, 2.24) is 0 Å². The highest BCUT2D eigenvalue weighted by Crippen LogP contribution is 2.61. The Hall–Kier alpha value is 0.860. The zero-order valence-corrected chi connectivity index (χ0v) is 23.8. The van der Waals surface area contributed by atoms with E-state index in [0.29, 0.717) is 0 Å². The Balaban J connectivity index is 5.06. The van der Waals surface area contributed by atoms with Gasteiger partial charge in [0.2, 0.25) is 0 Å². The number of rotatable bonds is 24. The molecule has 0 saturated heterocycles. The van der Waals surface area contributed by atoms with Crippen molar-refractivity contribution in [1.29, 1.82) is 0 Å². The van der Waals surface area contributed by atoms with Gasteiger partial charge in [0, 0.05) is 0 Å². The Morgan fingerprint density at radius 2 is 0.667 bits per heavy atom. The topological polar surface area (TPSA) is 0 Å². The lowest BCUT2D eigenvalue weighted by atomic mass is 10.2. The highest BCUT2D eigenvalue weighted by Gasteiger charge is 2.27. The molecule has 0 spiro atoms. The van der Waals surface area contributed by atoms with E-state index in [-0.39, 0.29) is 15.8 Å². The average Bonchev–Trinajstić information content (AvgIpc) is 2.76. The molecule has 0 atom stereocenters. The summed E-state index contributed by atoms with van der Waals surface area (Å²) >= 11 is 0. The summed E-state index contributed by atoms with van der Waals surface area (Å²) in [4.78, 5) is 0. The maximum absolute atomic E-state index is 2.47. The van der Waals surface area contributed by atoms with Gasteiger partial charge in [0.05, 0.1) is 0 Å². The first kappa shape index (κ1) is 30.9. The van der Waals surface area contributed by atoms with Gasteiger partial charge in [0.1, 0.15) is 0 Å². The minimum atomic E-state index is 0.277. The van der Waals surface area contributed by atoms with E-state index in [4.69, 9.17) is 0 Å². The van der Waals surface area contributed by atoms with Gasteiger partial charge in [-0.25, -0.2) is 0 Å². The maximum atomic E-state index is 2.47. The van der Waals surface area contributed by atoms with Crippen molar-refractivity contribution in [2.75, 3.05) is 24.6 Å². The largest absolute Gasteiger partial charge is 0.0991 e. The smallest absolute Gasteiger partial charge is 0.000593 e. The summed E-state index contributed by atoms with van der Waals surface area (Å²) < 4.78 is 0. The molecule has 0 heterocycles. The Kier molecular flexibility index (Phi) is 25.2. The fourth-order valence-electron chi connectivity index (χ4n) is 4.64. The Morgan fingerprint density at radius 1 is 0.367 bits per heavy atom. The Bertz CT molecular complexity index is 266.